The number of aromatic nitrogens is 4. The summed E-state index contributed by atoms with van der Waals surface area (Å²) in [5, 5.41) is 9.99. The van der Waals surface area contributed by atoms with E-state index < -0.39 is 0 Å². The number of nitrogens with zero attached hydrogens (tertiary/aromatic N) is 4. The summed E-state index contributed by atoms with van der Waals surface area (Å²) < 4.78 is 1.64. The van der Waals surface area contributed by atoms with Crippen LogP contribution in [0.3, 0.4) is 0 Å². The van der Waals surface area contributed by atoms with E-state index in [-0.39, 0.29) is 0 Å². The Kier molecular flexibility index (Phi) is 2.66. The van der Waals surface area contributed by atoms with E-state index in [1.54, 1.807) is 33.6 Å². The Balaban J connectivity index is 1.81. The highest BCUT2D eigenvalue weighted by Crippen LogP contribution is 2.12. The van der Waals surface area contributed by atoms with Gasteiger partial charge in [0.25, 0.3) is 0 Å². The Labute approximate surface area is 106 Å². The quantitative estimate of drug-likeness (QED) is 0.790. The van der Waals surface area contributed by atoms with E-state index in [1.165, 1.54) is 0 Å². The molecule has 86 valence electrons. The maximum Gasteiger partial charge on any atom is 0.243 e. The molecule has 0 atom stereocenters. The van der Waals surface area contributed by atoms with Crippen LogP contribution in [0.5, 0.6) is 0 Å². The topological polar surface area (TPSA) is 55.1 Å². The minimum absolute atomic E-state index is 0.570. The molecule has 3 heterocycles. The summed E-state index contributed by atoms with van der Waals surface area (Å²) in [5.41, 5.74) is 3.54. The number of anilines is 1. The summed E-state index contributed by atoms with van der Waals surface area (Å²) in [5.74, 6) is 0.570. The summed E-state index contributed by atoms with van der Waals surface area (Å²) in [6, 6.07) is 3.61. The van der Waals surface area contributed by atoms with Gasteiger partial charge in [-0.25, -0.2) is 9.50 Å². The largest absolute Gasteiger partial charge is 0.347 e. The fourth-order valence-electron chi connectivity index (χ4n) is 1.43. The second-order valence-corrected chi connectivity index (χ2v) is 4.57. The van der Waals surface area contributed by atoms with Crippen molar-refractivity contribution in [2.24, 2.45) is 0 Å². The van der Waals surface area contributed by atoms with Gasteiger partial charge in [0.2, 0.25) is 5.95 Å². The molecule has 0 fully saturated rings. The maximum atomic E-state index is 5.87. The normalized spacial score (nSPS) is 10.9. The Bertz CT molecular complexity index is 633. The van der Waals surface area contributed by atoms with Gasteiger partial charge in [0, 0.05) is 11.6 Å². The number of nitrogens with one attached hydrogen (secondary N) is 1. The van der Waals surface area contributed by atoms with Crippen molar-refractivity contribution < 1.29 is 0 Å². The standard InChI is InChI=1S/C10H8ClN5S/c11-7-1-2-9-14-10(15-16(9)4-7)12-3-8-5-17-6-13-8/h1-2,4-6H,3H2,(H,12,15). The summed E-state index contributed by atoms with van der Waals surface area (Å²) in [6.45, 7) is 0.619. The van der Waals surface area contributed by atoms with Crippen LogP contribution in [0.15, 0.2) is 29.2 Å². The molecule has 3 aromatic heterocycles. The molecule has 0 amide bonds. The zero-order valence-electron chi connectivity index (χ0n) is 8.67. The van der Waals surface area contributed by atoms with Crippen LogP contribution >= 0.6 is 22.9 Å². The fraction of sp³-hybridized carbons (Fsp3) is 0.100. The molecule has 0 aliphatic carbocycles. The van der Waals surface area contributed by atoms with Crippen LogP contribution in [-0.4, -0.2) is 19.6 Å². The van der Waals surface area contributed by atoms with Crippen molar-refractivity contribution in [2.75, 3.05) is 5.32 Å². The summed E-state index contributed by atoms with van der Waals surface area (Å²) in [6.07, 6.45) is 1.72. The number of pyridine rings is 1. The number of fused-ring (bicyclic) bond motifs is 1. The Morgan fingerprint density at radius 3 is 3.18 bits per heavy atom. The molecule has 17 heavy (non-hydrogen) atoms. The Morgan fingerprint density at radius 2 is 2.35 bits per heavy atom. The average molecular weight is 266 g/mol. The van der Waals surface area contributed by atoms with Gasteiger partial charge in [0.15, 0.2) is 5.65 Å². The molecular formula is C10H8ClN5S. The number of hydrogen-bond acceptors (Lipinski definition) is 5. The minimum Gasteiger partial charge on any atom is -0.347 e. The van der Waals surface area contributed by atoms with Gasteiger partial charge >= 0.3 is 0 Å². The van der Waals surface area contributed by atoms with E-state index in [2.05, 4.69) is 20.4 Å². The highest BCUT2D eigenvalue weighted by Gasteiger charge is 2.03. The summed E-state index contributed by atoms with van der Waals surface area (Å²) >= 11 is 7.44. The first kappa shape index (κ1) is 10.5. The van der Waals surface area contributed by atoms with Gasteiger partial charge in [-0.1, -0.05) is 11.6 Å². The van der Waals surface area contributed by atoms with Crippen molar-refractivity contribution in [2.45, 2.75) is 6.54 Å². The average Bonchev–Trinajstić information content (AvgIpc) is 2.94. The molecule has 0 saturated carbocycles. The molecule has 3 aromatic rings. The zero-order chi connectivity index (χ0) is 11.7. The first-order valence-corrected chi connectivity index (χ1v) is 6.26. The zero-order valence-corrected chi connectivity index (χ0v) is 10.2. The van der Waals surface area contributed by atoms with E-state index in [0.29, 0.717) is 17.5 Å². The predicted octanol–water partition coefficient (Wildman–Crippen LogP) is 2.45. The van der Waals surface area contributed by atoms with E-state index >= 15 is 0 Å². The molecule has 0 bridgehead atoms. The number of halogens is 1. The Morgan fingerprint density at radius 1 is 1.41 bits per heavy atom. The van der Waals surface area contributed by atoms with Crippen LogP contribution in [0.25, 0.3) is 5.65 Å². The molecule has 0 aliphatic heterocycles. The molecular weight excluding hydrogens is 258 g/mol. The van der Waals surface area contributed by atoms with Crippen molar-refractivity contribution in [3.63, 3.8) is 0 Å². The smallest absolute Gasteiger partial charge is 0.243 e. The van der Waals surface area contributed by atoms with Gasteiger partial charge in [-0.2, -0.15) is 4.98 Å². The maximum absolute atomic E-state index is 5.87. The first-order valence-electron chi connectivity index (χ1n) is 4.94. The van der Waals surface area contributed by atoms with Gasteiger partial charge in [-0.15, -0.1) is 16.4 Å². The third kappa shape index (κ3) is 2.22. The lowest BCUT2D eigenvalue weighted by Gasteiger charge is -1.96. The second-order valence-electron chi connectivity index (χ2n) is 3.42. The van der Waals surface area contributed by atoms with E-state index in [1.807, 2.05) is 11.4 Å². The van der Waals surface area contributed by atoms with Crippen LogP contribution < -0.4 is 5.32 Å². The van der Waals surface area contributed by atoms with E-state index in [0.717, 1.165) is 11.3 Å². The van der Waals surface area contributed by atoms with Gasteiger partial charge in [0.05, 0.1) is 22.8 Å². The van der Waals surface area contributed by atoms with Gasteiger partial charge in [-0.3, -0.25) is 0 Å². The van der Waals surface area contributed by atoms with Crippen molar-refractivity contribution in [3.05, 3.63) is 39.9 Å². The molecule has 5 nitrogen and oxygen atoms in total. The first-order chi connectivity index (χ1) is 8.31. The lowest BCUT2D eigenvalue weighted by atomic mass is 10.5. The van der Waals surface area contributed by atoms with Crippen molar-refractivity contribution in [1.82, 2.24) is 19.6 Å². The van der Waals surface area contributed by atoms with Crippen LogP contribution in [-0.2, 0) is 6.54 Å². The monoisotopic (exact) mass is 265 g/mol. The third-order valence-corrected chi connectivity index (χ3v) is 3.06. The Hall–Kier alpha value is -1.66. The lowest BCUT2D eigenvalue weighted by molar-refractivity contribution is 0.945. The molecule has 0 aliphatic rings. The fourth-order valence-corrected chi connectivity index (χ4v) is 2.14. The van der Waals surface area contributed by atoms with Crippen molar-refractivity contribution >= 4 is 34.5 Å². The number of rotatable bonds is 3. The summed E-state index contributed by atoms with van der Waals surface area (Å²) in [4.78, 5) is 8.48. The molecule has 0 saturated heterocycles. The SMILES string of the molecule is Clc1ccc2nc(NCc3cscn3)nn2c1. The lowest BCUT2D eigenvalue weighted by Crippen LogP contribution is -2.01. The summed E-state index contributed by atoms with van der Waals surface area (Å²) in [7, 11) is 0. The second kappa shape index (κ2) is 4.31. The van der Waals surface area contributed by atoms with Gasteiger partial charge < -0.3 is 5.32 Å². The van der Waals surface area contributed by atoms with E-state index in [9.17, 15) is 0 Å². The van der Waals surface area contributed by atoms with Crippen LogP contribution in [0, 0.1) is 0 Å². The van der Waals surface area contributed by atoms with Crippen molar-refractivity contribution in [1.29, 1.82) is 0 Å². The van der Waals surface area contributed by atoms with Crippen LogP contribution in [0.1, 0.15) is 5.69 Å². The van der Waals surface area contributed by atoms with Crippen LogP contribution in [0.2, 0.25) is 5.02 Å². The molecule has 3 rings (SSSR count). The molecule has 0 aromatic carbocycles. The van der Waals surface area contributed by atoms with Crippen LogP contribution in [0.4, 0.5) is 5.95 Å². The highest BCUT2D eigenvalue weighted by molar-refractivity contribution is 7.07. The molecule has 0 spiro atoms. The van der Waals surface area contributed by atoms with Gasteiger partial charge in [0.1, 0.15) is 0 Å². The number of hydrogen-bond donors (Lipinski definition) is 1. The number of thiazole rings is 1. The third-order valence-electron chi connectivity index (χ3n) is 2.21. The predicted molar refractivity (Wildman–Crippen MR) is 67.4 cm³/mol. The molecule has 0 radical (unpaired) electrons. The molecule has 0 unspecified atom stereocenters. The van der Waals surface area contributed by atoms with Gasteiger partial charge in [-0.05, 0) is 12.1 Å². The van der Waals surface area contributed by atoms with Crippen molar-refractivity contribution in [3.8, 4) is 0 Å². The highest BCUT2D eigenvalue weighted by atomic mass is 35.5. The minimum atomic E-state index is 0.570. The van der Waals surface area contributed by atoms with E-state index in [4.69, 9.17) is 11.6 Å². The molecule has 1 N–H and O–H groups in total. The molecule has 7 heteroatoms.